The molecule has 3 unspecified atom stereocenters. The van der Waals surface area contributed by atoms with Crippen molar-refractivity contribution in [2.45, 2.75) is 31.2 Å². The molecule has 0 saturated carbocycles. The Morgan fingerprint density at radius 3 is 2.27 bits per heavy atom. The van der Waals surface area contributed by atoms with Gasteiger partial charge in [-0.2, -0.15) is 0 Å². The van der Waals surface area contributed by atoms with Crippen molar-refractivity contribution < 1.29 is 24.2 Å². The smallest absolute Gasteiger partial charge is 0.270 e. The molecule has 4 atom stereocenters. The Balaban J connectivity index is 1.49. The molecule has 0 fully saturated rings. The maximum Gasteiger partial charge on any atom is 0.270 e. The Morgan fingerprint density at radius 1 is 0.925 bits per heavy atom. The van der Waals surface area contributed by atoms with Gasteiger partial charge in [-0.1, -0.05) is 66.7 Å². The van der Waals surface area contributed by atoms with Gasteiger partial charge in [-0.25, -0.2) is 4.98 Å². The largest absolute Gasteiger partial charge is 0.489 e. The van der Waals surface area contributed by atoms with E-state index in [0.717, 1.165) is 10.9 Å². The van der Waals surface area contributed by atoms with Crippen LogP contribution in [0.15, 0.2) is 91.0 Å². The Bertz CT molecular complexity index is 1470. The molecule has 205 valence electrons. The Hall–Kier alpha value is -4.60. The highest BCUT2D eigenvalue weighted by Crippen LogP contribution is 2.27. The van der Waals surface area contributed by atoms with E-state index in [1.54, 1.807) is 42.5 Å². The van der Waals surface area contributed by atoms with E-state index in [1.165, 1.54) is 6.07 Å². The van der Waals surface area contributed by atoms with Crippen molar-refractivity contribution in [1.29, 1.82) is 0 Å². The quantitative estimate of drug-likeness (QED) is 0.216. The van der Waals surface area contributed by atoms with Crippen molar-refractivity contribution in [3.8, 4) is 5.75 Å². The fraction of sp³-hybridized carbons (Fsp3) is 0.194. The molecule has 0 spiro atoms. The highest BCUT2D eigenvalue weighted by Gasteiger charge is 2.37. The minimum Gasteiger partial charge on any atom is -0.489 e. The van der Waals surface area contributed by atoms with Crippen molar-refractivity contribution in [1.82, 2.24) is 10.3 Å². The number of carbonyl (C=O) groups is 3. The van der Waals surface area contributed by atoms with Crippen LogP contribution in [-0.4, -0.2) is 39.8 Å². The molecule has 0 saturated heterocycles. The van der Waals surface area contributed by atoms with E-state index in [4.69, 9.17) is 16.2 Å². The van der Waals surface area contributed by atoms with E-state index in [-0.39, 0.29) is 5.69 Å². The van der Waals surface area contributed by atoms with Gasteiger partial charge in [-0.15, -0.1) is 0 Å². The number of ether oxygens (including phenoxy) is 1. The zero-order chi connectivity index (χ0) is 28.6. The second-order valence-electron chi connectivity index (χ2n) is 9.45. The lowest BCUT2D eigenvalue weighted by molar-refractivity contribution is -0.131. The number of Topliss-reactive ketones (excluding diaryl/α,β-unsaturated/α-hetero) is 1. The van der Waals surface area contributed by atoms with Gasteiger partial charge in [-0.05, 0) is 42.3 Å². The minimum absolute atomic E-state index is 0.0584. The average Bonchev–Trinajstić information content (AvgIpc) is 2.95. The number of hydrogen-bond acceptors (Lipinski definition) is 7. The number of nitrogens with zero attached hydrogens (tertiary/aromatic N) is 1. The van der Waals surface area contributed by atoms with Crippen molar-refractivity contribution >= 4 is 28.5 Å². The van der Waals surface area contributed by atoms with Crippen LogP contribution in [0.3, 0.4) is 0 Å². The molecule has 0 aliphatic rings. The SMILES string of the molecule is [CH2]C(O)C(C(=O)[C@H](CC(N)=O)NC(=O)c1ccc2ccccc2n1)C(N)c1ccc(OCc2ccccc2)cc1. The number of para-hydroxylation sites is 1. The second-order valence-corrected chi connectivity index (χ2v) is 9.45. The molecular weight excluding hydrogens is 508 g/mol. The van der Waals surface area contributed by atoms with E-state index in [9.17, 15) is 19.5 Å². The number of amides is 2. The topological polar surface area (TPSA) is 158 Å². The number of fused-ring (bicyclic) bond motifs is 1. The predicted molar refractivity (Wildman–Crippen MR) is 151 cm³/mol. The molecule has 40 heavy (non-hydrogen) atoms. The number of ketones is 1. The summed E-state index contributed by atoms with van der Waals surface area (Å²) in [5.41, 5.74) is 14.0. The van der Waals surface area contributed by atoms with Gasteiger partial charge in [0, 0.05) is 11.4 Å². The fourth-order valence-electron chi connectivity index (χ4n) is 4.42. The van der Waals surface area contributed by atoms with Crippen molar-refractivity contribution in [2.24, 2.45) is 17.4 Å². The van der Waals surface area contributed by atoms with Gasteiger partial charge in [0.2, 0.25) is 5.91 Å². The molecule has 9 heteroatoms. The van der Waals surface area contributed by atoms with Crippen molar-refractivity contribution in [3.63, 3.8) is 0 Å². The molecule has 4 aromatic rings. The summed E-state index contributed by atoms with van der Waals surface area (Å²) in [7, 11) is 0. The second kappa shape index (κ2) is 13.0. The maximum absolute atomic E-state index is 13.6. The van der Waals surface area contributed by atoms with Gasteiger partial charge in [0.25, 0.3) is 5.91 Å². The molecule has 1 radical (unpaired) electrons. The Morgan fingerprint density at radius 2 is 1.60 bits per heavy atom. The molecule has 3 aromatic carbocycles. The number of benzene rings is 3. The summed E-state index contributed by atoms with van der Waals surface area (Å²) < 4.78 is 5.80. The highest BCUT2D eigenvalue weighted by molar-refractivity contribution is 6.00. The zero-order valence-electron chi connectivity index (χ0n) is 21.8. The van der Waals surface area contributed by atoms with E-state index >= 15 is 0 Å². The molecule has 0 bridgehead atoms. The lowest BCUT2D eigenvalue weighted by Crippen LogP contribution is -2.50. The number of rotatable bonds is 12. The normalized spacial score (nSPS) is 14.1. The lowest BCUT2D eigenvalue weighted by Gasteiger charge is -2.29. The van der Waals surface area contributed by atoms with Crippen LogP contribution in [0.5, 0.6) is 5.75 Å². The minimum atomic E-state index is -1.43. The number of primary amides is 1. The summed E-state index contributed by atoms with van der Waals surface area (Å²) >= 11 is 0. The number of aromatic nitrogens is 1. The fourth-order valence-corrected chi connectivity index (χ4v) is 4.42. The first kappa shape index (κ1) is 28.4. The summed E-state index contributed by atoms with van der Waals surface area (Å²) in [5, 5.41) is 13.8. The van der Waals surface area contributed by atoms with Crippen LogP contribution in [0.1, 0.15) is 34.1 Å². The maximum atomic E-state index is 13.6. The molecule has 0 aliphatic carbocycles. The Kier molecular flexibility index (Phi) is 9.21. The molecule has 0 aliphatic heterocycles. The van der Waals surface area contributed by atoms with Crippen molar-refractivity contribution in [3.05, 3.63) is 115 Å². The number of nitrogens with one attached hydrogen (secondary N) is 1. The van der Waals surface area contributed by atoms with Crippen LogP contribution in [0, 0.1) is 12.8 Å². The van der Waals surface area contributed by atoms with E-state index < -0.39 is 48.1 Å². The van der Waals surface area contributed by atoms with Crippen LogP contribution < -0.4 is 21.5 Å². The summed E-state index contributed by atoms with van der Waals surface area (Å²) in [6, 6.07) is 24.6. The molecule has 9 nitrogen and oxygen atoms in total. The third kappa shape index (κ3) is 7.07. The van der Waals surface area contributed by atoms with Gasteiger partial charge >= 0.3 is 0 Å². The molecule has 1 heterocycles. The summed E-state index contributed by atoms with van der Waals surface area (Å²) in [4.78, 5) is 42.8. The average molecular weight is 540 g/mol. The number of pyridine rings is 1. The Labute approximate surface area is 232 Å². The van der Waals surface area contributed by atoms with Crippen molar-refractivity contribution in [2.75, 3.05) is 0 Å². The first-order chi connectivity index (χ1) is 19.2. The van der Waals surface area contributed by atoms with Crippen LogP contribution >= 0.6 is 0 Å². The van der Waals surface area contributed by atoms with Gasteiger partial charge in [-0.3, -0.25) is 14.4 Å². The van der Waals surface area contributed by atoms with Crippen LogP contribution in [0.25, 0.3) is 10.9 Å². The number of aliphatic hydroxyl groups excluding tert-OH is 1. The summed E-state index contributed by atoms with van der Waals surface area (Å²) in [5.74, 6) is -2.80. The number of nitrogens with two attached hydrogens (primary N) is 2. The standard InChI is InChI=1S/C31H31N4O5/c1-19(36)28(29(33)22-11-14-23(15-12-22)40-18-20-7-3-2-4-8-20)30(38)26(17-27(32)37)35-31(39)25-16-13-21-9-5-6-10-24(21)34-25/h2-16,19,26,28-29,36H,1,17-18,33H2,(H2,32,37)(H,35,39)/t19?,26-,28?,29?/m0/s1. The number of hydrogen-bond donors (Lipinski definition) is 4. The van der Waals surface area contributed by atoms with Crippen LogP contribution in [-0.2, 0) is 16.2 Å². The molecule has 6 N–H and O–H groups in total. The molecular formula is C31H31N4O5. The van der Waals surface area contributed by atoms with Gasteiger partial charge in [0.05, 0.1) is 30.0 Å². The van der Waals surface area contributed by atoms with Crippen LogP contribution in [0.4, 0.5) is 0 Å². The third-order valence-corrected chi connectivity index (χ3v) is 6.53. The molecule has 2 amide bonds. The molecule has 4 rings (SSSR count). The first-order valence-corrected chi connectivity index (χ1v) is 12.7. The zero-order valence-corrected chi connectivity index (χ0v) is 21.8. The summed E-state index contributed by atoms with van der Waals surface area (Å²) in [6.07, 6.45) is -1.91. The summed E-state index contributed by atoms with van der Waals surface area (Å²) in [6.45, 7) is 3.99. The van der Waals surface area contributed by atoms with Gasteiger partial charge in [0.15, 0.2) is 5.78 Å². The van der Waals surface area contributed by atoms with E-state index in [2.05, 4.69) is 17.2 Å². The van der Waals surface area contributed by atoms with Gasteiger partial charge < -0.3 is 26.6 Å². The lowest BCUT2D eigenvalue weighted by atomic mass is 9.82. The van der Waals surface area contributed by atoms with E-state index in [1.807, 2.05) is 42.5 Å². The van der Waals surface area contributed by atoms with E-state index in [0.29, 0.717) is 23.4 Å². The van der Waals surface area contributed by atoms with Crippen LogP contribution in [0.2, 0.25) is 0 Å². The number of aliphatic hydroxyl groups is 1. The van der Waals surface area contributed by atoms with Gasteiger partial charge in [0.1, 0.15) is 18.1 Å². The predicted octanol–water partition coefficient (Wildman–Crippen LogP) is 2.87. The first-order valence-electron chi connectivity index (χ1n) is 12.7. The monoisotopic (exact) mass is 539 g/mol. The third-order valence-electron chi connectivity index (χ3n) is 6.53. The number of carbonyl (C=O) groups excluding carboxylic acids is 3. The highest BCUT2D eigenvalue weighted by atomic mass is 16.5. The molecule has 1 aromatic heterocycles.